The quantitative estimate of drug-likeness (QED) is 0.934. The van der Waals surface area contributed by atoms with E-state index in [9.17, 15) is 4.79 Å². The number of aromatic nitrogens is 2. The number of nitrogens with one attached hydrogen (secondary N) is 1. The number of carbonyl (C=O) groups excluding carboxylic acids is 1. The van der Waals surface area contributed by atoms with Gasteiger partial charge in [0.2, 0.25) is 5.95 Å². The maximum absolute atomic E-state index is 11.5. The Balaban J connectivity index is 1.70. The van der Waals surface area contributed by atoms with Crippen molar-refractivity contribution in [3.63, 3.8) is 0 Å². The lowest BCUT2D eigenvalue weighted by Crippen LogP contribution is -2.23. The summed E-state index contributed by atoms with van der Waals surface area (Å²) >= 11 is 0. The third-order valence-corrected chi connectivity index (χ3v) is 3.38. The highest BCUT2D eigenvalue weighted by atomic mass is 16.6. The van der Waals surface area contributed by atoms with E-state index in [4.69, 9.17) is 4.74 Å². The maximum Gasteiger partial charge on any atom is 0.414 e. The fourth-order valence-electron chi connectivity index (χ4n) is 2.22. The molecular weight excluding hydrogens is 268 g/mol. The molecule has 1 aromatic carbocycles. The highest BCUT2D eigenvalue weighted by molar-refractivity contribution is 5.89. The SMILES string of the molecule is C[C@@H](Nc1ncccn1)c1ccc(N2CCOC2=O)cc1. The Morgan fingerprint density at radius 2 is 1.95 bits per heavy atom. The van der Waals surface area contributed by atoms with Crippen molar-refractivity contribution >= 4 is 17.7 Å². The van der Waals surface area contributed by atoms with Crippen LogP contribution in [-0.4, -0.2) is 29.2 Å². The van der Waals surface area contributed by atoms with Crippen LogP contribution >= 0.6 is 0 Å². The van der Waals surface area contributed by atoms with Gasteiger partial charge < -0.3 is 10.1 Å². The first-order valence-electron chi connectivity index (χ1n) is 6.82. The van der Waals surface area contributed by atoms with Gasteiger partial charge >= 0.3 is 6.09 Å². The molecular formula is C15H16N4O2. The molecule has 1 aromatic heterocycles. The van der Waals surface area contributed by atoms with Crippen molar-refractivity contribution in [1.29, 1.82) is 0 Å². The zero-order valence-electron chi connectivity index (χ0n) is 11.7. The maximum atomic E-state index is 11.5. The van der Waals surface area contributed by atoms with Gasteiger partial charge in [0.15, 0.2) is 0 Å². The first-order chi connectivity index (χ1) is 10.2. The van der Waals surface area contributed by atoms with Gasteiger partial charge in [-0.15, -0.1) is 0 Å². The van der Waals surface area contributed by atoms with Gasteiger partial charge in [0, 0.05) is 18.1 Å². The van der Waals surface area contributed by atoms with Gasteiger partial charge in [0.25, 0.3) is 0 Å². The monoisotopic (exact) mass is 284 g/mol. The average Bonchev–Trinajstić information content (AvgIpc) is 2.94. The summed E-state index contributed by atoms with van der Waals surface area (Å²) in [4.78, 5) is 21.4. The average molecular weight is 284 g/mol. The van der Waals surface area contributed by atoms with Crippen LogP contribution in [0.2, 0.25) is 0 Å². The molecule has 0 saturated carbocycles. The first-order valence-corrected chi connectivity index (χ1v) is 6.82. The molecule has 3 rings (SSSR count). The molecule has 1 N–H and O–H groups in total. The Hall–Kier alpha value is -2.63. The van der Waals surface area contributed by atoms with Crippen molar-refractivity contribution in [2.75, 3.05) is 23.4 Å². The normalized spacial score (nSPS) is 15.7. The molecule has 2 aromatic rings. The van der Waals surface area contributed by atoms with E-state index in [1.807, 2.05) is 31.2 Å². The Labute approximate surface area is 122 Å². The molecule has 1 aliphatic rings. The summed E-state index contributed by atoms with van der Waals surface area (Å²) in [5, 5.41) is 3.23. The molecule has 1 aliphatic heterocycles. The fraction of sp³-hybridized carbons (Fsp3) is 0.267. The zero-order chi connectivity index (χ0) is 14.7. The van der Waals surface area contributed by atoms with Crippen molar-refractivity contribution in [2.24, 2.45) is 0 Å². The van der Waals surface area contributed by atoms with Gasteiger partial charge in [-0.3, -0.25) is 4.90 Å². The third-order valence-electron chi connectivity index (χ3n) is 3.38. The van der Waals surface area contributed by atoms with Crippen LogP contribution in [-0.2, 0) is 4.74 Å². The Bertz CT molecular complexity index is 615. The fourth-order valence-corrected chi connectivity index (χ4v) is 2.22. The zero-order valence-corrected chi connectivity index (χ0v) is 11.7. The van der Waals surface area contributed by atoms with E-state index in [1.165, 1.54) is 0 Å². The van der Waals surface area contributed by atoms with Crippen molar-refractivity contribution in [3.8, 4) is 0 Å². The van der Waals surface area contributed by atoms with E-state index in [0.717, 1.165) is 11.3 Å². The lowest BCUT2D eigenvalue weighted by atomic mass is 10.1. The molecule has 6 nitrogen and oxygen atoms in total. The number of nitrogens with zero attached hydrogens (tertiary/aromatic N) is 3. The Morgan fingerprint density at radius 1 is 1.24 bits per heavy atom. The summed E-state index contributed by atoms with van der Waals surface area (Å²) in [6, 6.07) is 9.67. The number of ether oxygens (including phenoxy) is 1. The first kappa shape index (κ1) is 13.4. The summed E-state index contributed by atoms with van der Waals surface area (Å²) in [6.45, 7) is 3.09. The second-order valence-electron chi connectivity index (χ2n) is 4.80. The number of anilines is 2. The molecule has 1 saturated heterocycles. The van der Waals surface area contributed by atoms with Gasteiger partial charge in [-0.05, 0) is 30.7 Å². The van der Waals surface area contributed by atoms with Gasteiger partial charge in [-0.2, -0.15) is 0 Å². The summed E-state index contributed by atoms with van der Waals surface area (Å²) in [7, 11) is 0. The number of rotatable bonds is 4. The van der Waals surface area contributed by atoms with Crippen molar-refractivity contribution in [3.05, 3.63) is 48.3 Å². The minimum Gasteiger partial charge on any atom is -0.447 e. The Morgan fingerprint density at radius 3 is 2.57 bits per heavy atom. The summed E-state index contributed by atoms with van der Waals surface area (Å²) < 4.78 is 4.93. The summed E-state index contributed by atoms with van der Waals surface area (Å²) in [6.07, 6.45) is 3.11. The number of benzene rings is 1. The highest BCUT2D eigenvalue weighted by Crippen LogP contribution is 2.23. The molecule has 0 radical (unpaired) electrons. The molecule has 0 bridgehead atoms. The number of carbonyl (C=O) groups is 1. The van der Waals surface area contributed by atoms with Crippen molar-refractivity contribution in [1.82, 2.24) is 9.97 Å². The van der Waals surface area contributed by atoms with Crippen LogP contribution in [0.25, 0.3) is 0 Å². The molecule has 0 unspecified atom stereocenters. The van der Waals surface area contributed by atoms with E-state index < -0.39 is 0 Å². The molecule has 0 aliphatic carbocycles. The lowest BCUT2D eigenvalue weighted by molar-refractivity contribution is 0.181. The van der Waals surface area contributed by atoms with Gasteiger partial charge in [0.05, 0.1) is 12.6 Å². The minimum absolute atomic E-state index is 0.0759. The number of cyclic esters (lactones) is 1. The highest BCUT2D eigenvalue weighted by Gasteiger charge is 2.23. The number of hydrogen-bond donors (Lipinski definition) is 1. The Kier molecular flexibility index (Phi) is 3.68. The molecule has 108 valence electrons. The van der Waals surface area contributed by atoms with E-state index in [2.05, 4.69) is 15.3 Å². The second kappa shape index (κ2) is 5.78. The molecule has 1 amide bonds. The molecule has 1 atom stereocenters. The lowest BCUT2D eigenvalue weighted by Gasteiger charge is -2.16. The topological polar surface area (TPSA) is 67.3 Å². The standard InChI is InChI=1S/C15H16N4O2/c1-11(18-14-16-7-2-8-17-14)12-3-5-13(6-4-12)19-9-10-21-15(19)20/h2-8,11H,9-10H2,1H3,(H,16,17,18)/t11-/m1/s1. The number of hydrogen-bond acceptors (Lipinski definition) is 5. The number of amides is 1. The van der Waals surface area contributed by atoms with Crippen LogP contribution in [0.3, 0.4) is 0 Å². The molecule has 21 heavy (non-hydrogen) atoms. The second-order valence-corrected chi connectivity index (χ2v) is 4.80. The smallest absolute Gasteiger partial charge is 0.414 e. The van der Waals surface area contributed by atoms with Crippen LogP contribution < -0.4 is 10.2 Å². The van der Waals surface area contributed by atoms with E-state index in [1.54, 1.807) is 23.4 Å². The van der Waals surface area contributed by atoms with Gasteiger partial charge in [-0.25, -0.2) is 14.8 Å². The van der Waals surface area contributed by atoms with E-state index in [0.29, 0.717) is 19.1 Å². The predicted molar refractivity (Wildman–Crippen MR) is 79.2 cm³/mol. The van der Waals surface area contributed by atoms with Crippen LogP contribution in [0, 0.1) is 0 Å². The third kappa shape index (κ3) is 2.94. The van der Waals surface area contributed by atoms with Crippen molar-refractivity contribution in [2.45, 2.75) is 13.0 Å². The molecule has 6 heteroatoms. The molecule has 2 heterocycles. The van der Waals surface area contributed by atoms with Gasteiger partial charge in [0.1, 0.15) is 6.61 Å². The van der Waals surface area contributed by atoms with Crippen LogP contribution in [0.4, 0.5) is 16.4 Å². The minimum atomic E-state index is -0.286. The predicted octanol–water partition coefficient (Wildman–Crippen LogP) is 2.61. The molecule has 0 spiro atoms. The largest absolute Gasteiger partial charge is 0.447 e. The summed E-state index contributed by atoms with van der Waals surface area (Å²) in [5.74, 6) is 0.595. The van der Waals surface area contributed by atoms with E-state index in [-0.39, 0.29) is 12.1 Å². The van der Waals surface area contributed by atoms with Crippen LogP contribution in [0.1, 0.15) is 18.5 Å². The van der Waals surface area contributed by atoms with E-state index >= 15 is 0 Å². The van der Waals surface area contributed by atoms with Gasteiger partial charge in [-0.1, -0.05) is 12.1 Å². The van der Waals surface area contributed by atoms with Crippen LogP contribution in [0.5, 0.6) is 0 Å². The summed E-state index contributed by atoms with van der Waals surface area (Å²) in [5.41, 5.74) is 1.95. The van der Waals surface area contributed by atoms with Crippen molar-refractivity contribution < 1.29 is 9.53 Å². The molecule has 1 fully saturated rings. The van der Waals surface area contributed by atoms with Crippen LogP contribution in [0.15, 0.2) is 42.7 Å².